The summed E-state index contributed by atoms with van der Waals surface area (Å²) >= 11 is 0. The molecule has 3 heteroatoms. The molecule has 4 aromatic heterocycles. The molecule has 28 heavy (non-hydrogen) atoms. The Labute approximate surface area is 160 Å². The lowest BCUT2D eigenvalue weighted by Crippen LogP contribution is -2.29. The number of nitrogens with zero attached hydrogens (tertiary/aromatic N) is 2. The van der Waals surface area contributed by atoms with Crippen LogP contribution in [0.5, 0.6) is 0 Å². The van der Waals surface area contributed by atoms with Crippen LogP contribution in [0.15, 0.2) is 71.5 Å². The summed E-state index contributed by atoms with van der Waals surface area (Å²) in [6, 6.07) is 19.7. The van der Waals surface area contributed by atoms with E-state index in [9.17, 15) is 0 Å². The minimum Gasteiger partial charge on any atom is -0.464 e. The number of hydrogen-bond acceptors (Lipinski definition) is 1. The van der Waals surface area contributed by atoms with Gasteiger partial charge in [-0.2, -0.15) is 4.57 Å². The monoisotopic (exact) mass is 361 g/mol. The summed E-state index contributed by atoms with van der Waals surface area (Å²) in [4.78, 5) is 0. The van der Waals surface area contributed by atoms with Crippen molar-refractivity contribution in [2.24, 2.45) is 7.05 Å². The SMILES string of the molecule is Cc1ccc2cc3occc3c3c2c1c1c2c(cc[n+]1C)c1ccccc1n32. The van der Waals surface area contributed by atoms with Crippen molar-refractivity contribution in [2.75, 3.05) is 0 Å². The lowest BCUT2D eigenvalue weighted by molar-refractivity contribution is -0.644. The van der Waals surface area contributed by atoms with Crippen LogP contribution in [0, 0.1) is 6.92 Å². The minimum atomic E-state index is 0.937. The Bertz CT molecular complexity index is 1720. The molecular weight excluding hydrogens is 344 g/mol. The van der Waals surface area contributed by atoms with E-state index in [0.29, 0.717) is 0 Å². The van der Waals surface area contributed by atoms with Gasteiger partial charge in [0, 0.05) is 27.6 Å². The molecule has 0 aliphatic rings. The first-order valence-corrected chi connectivity index (χ1v) is 9.60. The molecule has 7 rings (SSSR count). The van der Waals surface area contributed by atoms with Crippen molar-refractivity contribution in [1.82, 2.24) is 4.40 Å². The Hall–Kier alpha value is -3.59. The van der Waals surface area contributed by atoms with E-state index in [1.165, 1.54) is 59.9 Å². The van der Waals surface area contributed by atoms with Gasteiger partial charge in [0.15, 0.2) is 6.20 Å². The molecule has 0 spiro atoms. The van der Waals surface area contributed by atoms with Crippen LogP contribution in [0.2, 0.25) is 0 Å². The molecule has 3 nitrogen and oxygen atoms in total. The fraction of sp³-hybridized carbons (Fsp3) is 0.0800. The summed E-state index contributed by atoms with van der Waals surface area (Å²) in [5.41, 5.74) is 7.29. The van der Waals surface area contributed by atoms with Gasteiger partial charge in [0.1, 0.15) is 18.1 Å². The molecule has 0 amide bonds. The van der Waals surface area contributed by atoms with E-state index < -0.39 is 0 Å². The summed E-state index contributed by atoms with van der Waals surface area (Å²) < 4.78 is 10.6. The molecule has 0 radical (unpaired) electrons. The first-order chi connectivity index (χ1) is 13.7. The number of aryl methyl sites for hydroxylation is 2. The Balaban J connectivity index is 2.06. The number of aromatic nitrogens is 2. The van der Waals surface area contributed by atoms with Gasteiger partial charge >= 0.3 is 0 Å². The third-order valence-electron chi connectivity index (χ3n) is 6.34. The third kappa shape index (κ3) is 1.48. The second-order valence-electron chi connectivity index (χ2n) is 7.80. The smallest absolute Gasteiger partial charge is 0.238 e. The van der Waals surface area contributed by atoms with Crippen molar-refractivity contribution in [1.29, 1.82) is 0 Å². The number of hydrogen-bond donors (Lipinski definition) is 0. The van der Waals surface area contributed by atoms with Crippen LogP contribution >= 0.6 is 0 Å². The van der Waals surface area contributed by atoms with Crippen molar-refractivity contribution in [3.8, 4) is 0 Å². The summed E-state index contributed by atoms with van der Waals surface area (Å²) in [7, 11) is 2.15. The number of para-hydroxylation sites is 1. The van der Waals surface area contributed by atoms with Crippen molar-refractivity contribution < 1.29 is 8.98 Å². The minimum absolute atomic E-state index is 0.937. The van der Waals surface area contributed by atoms with Crippen LogP contribution in [0.4, 0.5) is 0 Å². The highest BCUT2D eigenvalue weighted by molar-refractivity contribution is 6.29. The van der Waals surface area contributed by atoms with E-state index in [-0.39, 0.29) is 0 Å². The molecule has 0 saturated carbocycles. The van der Waals surface area contributed by atoms with Crippen molar-refractivity contribution in [3.63, 3.8) is 0 Å². The van der Waals surface area contributed by atoms with E-state index in [1.807, 2.05) is 0 Å². The van der Waals surface area contributed by atoms with Gasteiger partial charge in [0.25, 0.3) is 0 Å². The molecule has 7 aromatic rings. The summed E-state index contributed by atoms with van der Waals surface area (Å²) in [5.74, 6) is 0. The summed E-state index contributed by atoms with van der Waals surface area (Å²) in [5, 5.41) is 7.62. The summed E-state index contributed by atoms with van der Waals surface area (Å²) in [6.07, 6.45) is 3.99. The maximum absolute atomic E-state index is 5.84. The predicted molar refractivity (Wildman–Crippen MR) is 114 cm³/mol. The van der Waals surface area contributed by atoms with Crippen LogP contribution < -0.4 is 4.57 Å². The van der Waals surface area contributed by atoms with E-state index in [2.05, 4.69) is 83.7 Å². The van der Waals surface area contributed by atoms with Gasteiger partial charge < -0.3 is 8.82 Å². The van der Waals surface area contributed by atoms with Gasteiger partial charge in [-0.1, -0.05) is 30.3 Å². The van der Waals surface area contributed by atoms with Gasteiger partial charge in [-0.25, -0.2) is 0 Å². The fourth-order valence-electron chi connectivity index (χ4n) is 5.16. The maximum atomic E-state index is 5.84. The van der Waals surface area contributed by atoms with Crippen LogP contribution in [-0.2, 0) is 7.05 Å². The molecule has 0 aliphatic carbocycles. The highest BCUT2D eigenvalue weighted by atomic mass is 16.3. The third-order valence-corrected chi connectivity index (χ3v) is 6.34. The van der Waals surface area contributed by atoms with E-state index in [0.717, 1.165) is 5.58 Å². The topological polar surface area (TPSA) is 21.4 Å². The van der Waals surface area contributed by atoms with Gasteiger partial charge in [-0.15, -0.1) is 0 Å². The molecule has 0 aliphatic heterocycles. The standard InChI is InChI=1S/C25H17N2O/c1-14-7-8-15-13-20-18(10-12-28-20)23-22(15)21(14)25-24-17(9-11-26(25)2)16-5-3-4-6-19(16)27(23)24/h3-13H,1-2H3/q+1. The van der Waals surface area contributed by atoms with Crippen LogP contribution in [0.1, 0.15) is 5.56 Å². The Kier molecular flexibility index (Phi) is 2.39. The van der Waals surface area contributed by atoms with Gasteiger partial charge in [-0.3, -0.25) is 0 Å². The first-order valence-electron chi connectivity index (χ1n) is 9.60. The largest absolute Gasteiger partial charge is 0.464 e. The first kappa shape index (κ1) is 14.5. The van der Waals surface area contributed by atoms with Gasteiger partial charge in [0.2, 0.25) is 5.52 Å². The Morgan fingerprint density at radius 2 is 1.75 bits per heavy atom. The van der Waals surface area contributed by atoms with E-state index >= 15 is 0 Å². The molecule has 0 fully saturated rings. The predicted octanol–water partition coefficient (Wildman–Crippen LogP) is 5.87. The van der Waals surface area contributed by atoms with Crippen molar-refractivity contribution in [3.05, 3.63) is 72.6 Å². The average Bonchev–Trinajstić information content (AvgIpc) is 3.31. The van der Waals surface area contributed by atoms with Gasteiger partial charge in [-0.05, 0) is 36.1 Å². The molecule has 0 bridgehead atoms. The second kappa shape index (κ2) is 4.63. The quantitative estimate of drug-likeness (QED) is 0.188. The molecule has 0 N–H and O–H groups in total. The molecule has 0 atom stereocenters. The zero-order valence-electron chi connectivity index (χ0n) is 15.7. The number of benzene rings is 3. The summed E-state index contributed by atoms with van der Waals surface area (Å²) in [6.45, 7) is 2.22. The zero-order chi connectivity index (χ0) is 18.6. The number of fused-ring (bicyclic) bond motifs is 7. The normalized spacial score (nSPS) is 12.6. The second-order valence-corrected chi connectivity index (χ2v) is 7.80. The highest BCUT2D eigenvalue weighted by Crippen LogP contribution is 2.42. The molecule has 4 heterocycles. The molecule has 3 aromatic carbocycles. The van der Waals surface area contributed by atoms with E-state index in [4.69, 9.17) is 4.42 Å². The fourth-order valence-corrected chi connectivity index (χ4v) is 5.16. The van der Waals surface area contributed by atoms with Crippen molar-refractivity contribution >= 4 is 60.0 Å². The van der Waals surface area contributed by atoms with Crippen LogP contribution in [-0.4, -0.2) is 4.40 Å². The molecular formula is C25H17N2O+. The number of pyridine rings is 2. The maximum Gasteiger partial charge on any atom is 0.238 e. The molecule has 0 unspecified atom stereocenters. The van der Waals surface area contributed by atoms with Crippen LogP contribution in [0.25, 0.3) is 60.0 Å². The average molecular weight is 361 g/mol. The lowest BCUT2D eigenvalue weighted by atomic mass is 9.96. The number of rotatable bonds is 0. The van der Waals surface area contributed by atoms with Crippen molar-refractivity contribution in [2.45, 2.75) is 6.92 Å². The number of furan rings is 1. The highest BCUT2D eigenvalue weighted by Gasteiger charge is 2.25. The Morgan fingerprint density at radius 1 is 0.857 bits per heavy atom. The van der Waals surface area contributed by atoms with Crippen LogP contribution in [0.3, 0.4) is 0 Å². The zero-order valence-corrected chi connectivity index (χ0v) is 15.7. The molecule has 132 valence electrons. The molecule has 0 saturated heterocycles. The van der Waals surface area contributed by atoms with E-state index in [1.54, 1.807) is 6.26 Å². The van der Waals surface area contributed by atoms with Gasteiger partial charge in [0.05, 0.1) is 22.7 Å². The Morgan fingerprint density at radius 3 is 2.68 bits per heavy atom. The lowest BCUT2D eigenvalue weighted by Gasteiger charge is -2.13.